The molecule has 2 aliphatic rings. The van der Waals surface area contributed by atoms with Gasteiger partial charge < -0.3 is 24.5 Å². The van der Waals surface area contributed by atoms with Gasteiger partial charge in [0.25, 0.3) is 12.3 Å². The number of hydrogen-bond donors (Lipinski definition) is 3. The van der Waals surface area contributed by atoms with E-state index in [9.17, 15) is 22.8 Å². The number of H-pyrrole nitrogens is 1. The summed E-state index contributed by atoms with van der Waals surface area (Å²) in [6.07, 6.45) is 0.857. The molecule has 0 bridgehead atoms. The Kier molecular flexibility index (Phi) is 10.1. The van der Waals surface area contributed by atoms with E-state index in [1.54, 1.807) is 32.2 Å². The lowest BCUT2D eigenvalue weighted by molar-refractivity contribution is 0.0524. The van der Waals surface area contributed by atoms with Crippen LogP contribution in [-0.2, 0) is 24.0 Å². The zero-order chi connectivity index (χ0) is 38.2. The molecule has 1 fully saturated rings. The zero-order valence-electron chi connectivity index (χ0n) is 30.0. The maximum absolute atomic E-state index is 14.5. The molecule has 5 heterocycles. The first-order chi connectivity index (χ1) is 26.7. The van der Waals surface area contributed by atoms with Crippen LogP contribution in [-0.4, -0.2) is 46.4 Å². The van der Waals surface area contributed by atoms with Gasteiger partial charge in [-0.25, -0.2) is 32.8 Å². The summed E-state index contributed by atoms with van der Waals surface area (Å²) in [4.78, 5) is 36.7. The molecule has 1 aliphatic carbocycles. The summed E-state index contributed by atoms with van der Waals surface area (Å²) in [6.45, 7) is 2.49. The van der Waals surface area contributed by atoms with Crippen molar-refractivity contribution < 1.29 is 31.9 Å². The molecule has 0 saturated carbocycles. The van der Waals surface area contributed by atoms with Crippen LogP contribution in [0.25, 0.3) is 32.0 Å². The van der Waals surface area contributed by atoms with Crippen molar-refractivity contribution >= 4 is 33.2 Å². The van der Waals surface area contributed by atoms with E-state index < -0.39 is 23.8 Å². The number of nitrogens with zero attached hydrogens (tertiary/aromatic N) is 3. The Morgan fingerprint density at radius 3 is 2.64 bits per heavy atom. The van der Waals surface area contributed by atoms with Gasteiger partial charge in [-0.2, -0.15) is 0 Å². The predicted octanol–water partition coefficient (Wildman–Crippen LogP) is 8.27. The number of ether oxygens (including phenoxy) is 2. The minimum atomic E-state index is -2.85. The standard InChI is InChI=1S/C40H37F3N6O5S/c1-3-53-39(50)33-32(30-19-21-18-28(36(42)43)47-37(35(21)55-30)46-25-16-14-24-23(25)6-4-8-29(24)52-2)31(38-48-49-40(51)54-38)26(45-34(33)27-7-5-17-44-27)15-11-20-9-12-22(41)13-10-20/h4,6,8-10,12-13,18-19,25,27,36,44H,3,5,7,11,14-17H2,1-2H3,(H,46,47)(H,49,51)/t25-,27+/m1/s1. The number of thiophene rings is 1. The van der Waals surface area contributed by atoms with Crippen LogP contribution in [0.3, 0.4) is 0 Å². The highest BCUT2D eigenvalue weighted by Gasteiger charge is 2.35. The third-order valence-corrected chi connectivity index (χ3v) is 11.3. The average molecular weight is 771 g/mol. The Labute approximate surface area is 317 Å². The third-order valence-electron chi connectivity index (χ3n) is 10.1. The first-order valence-electron chi connectivity index (χ1n) is 18.1. The van der Waals surface area contributed by atoms with Crippen molar-refractivity contribution in [2.24, 2.45) is 0 Å². The van der Waals surface area contributed by atoms with E-state index in [0.717, 1.165) is 35.3 Å². The molecule has 55 heavy (non-hydrogen) atoms. The number of halogens is 3. The first kappa shape index (κ1) is 36.4. The van der Waals surface area contributed by atoms with Gasteiger partial charge >= 0.3 is 11.7 Å². The summed E-state index contributed by atoms with van der Waals surface area (Å²) in [6, 6.07) is 14.5. The number of aromatic nitrogens is 4. The molecular formula is C40H37F3N6O5S. The molecule has 2 atom stereocenters. The molecule has 8 rings (SSSR count). The number of aryl methyl sites for hydroxylation is 2. The number of benzene rings is 2. The SMILES string of the molecule is CCOC(=O)c1c([C@@H]2CCCN2)nc(CCc2ccc(F)cc2)c(-c2n[nH]c(=O)o2)c1-c1cc2cc(C(F)F)nc(N[C@@H]3CCc4c(OC)cccc43)c2s1. The van der Waals surface area contributed by atoms with Crippen LogP contribution in [0.4, 0.5) is 19.0 Å². The molecule has 284 valence electrons. The lowest BCUT2D eigenvalue weighted by Crippen LogP contribution is -2.22. The molecule has 0 amide bonds. The van der Waals surface area contributed by atoms with Gasteiger partial charge in [-0.05, 0) is 104 Å². The molecule has 15 heteroatoms. The lowest BCUT2D eigenvalue weighted by Gasteiger charge is -2.22. The van der Waals surface area contributed by atoms with Gasteiger partial charge in [-0.1, -0.05) is 24.3 Å². The van der Waals surface area contributed by atoms with Gasteiger partial charge in [-0.15, -0.1) is 16.4 Å². The molecule has 4 aromatic heterocycles. The van der Waals surface area contributed by atoms with Crippen molar-refractivity contribution in [2.75, 3.05) is 25.6 Å². The summed E-state index contributed by atoms with van der Waals surface area (Å²) in [5, 5.41) is 13.9. The molecule has 0 spiro atoms. The number of esters is 1. The van der Waals surface area contributed by atoms with Crippen LogP contribution < -0.4 is 21.1 Å². The Morgan fingerprint density at radius 2 is 1.93 bits per heavy atom. The average Bonchev–Trinajstić information content (AvgIpc) is 4.02. The number of carbonyl (C=O) groups excluding carboxylic acids is 1. The maximum atomic E-state index is 14.5. The summed E-state index contributed by atoms with van der Waals surface area (Å²) < 4.78 is 60.2. The summed E-state index contributed by atoms with van der Waals surface area (Å²) in [7, 11) is 1.62. The fourth-order valence-corrected chi connectivity index (χ4v) is 8.82. The Morgan fingerprint density at radius 1 is 1.09 bits per heavy atom. The first-order valence-corrected chi connectivity index (χ1v) is 19.0. The number of methoxy groups -OCH3 is 1. The highest BCUT2D eigenvalue weighted by Crippen LogP contribution is 2.47. The molecule has 6 aromatic rings. The second-order valence-electron chi connectivity index (χ2n) is 13.5. The summed E-state index contributed by atoms with van der Waals surface area (Å²) in [5.74, 6) is -0.876. The number of pyridine rings is 2. The number of alkyl halides is 2. The van der Waals surface area contributed by atoms with Gasteiger partial charge in [0.1, 0.15) is 23.1 Å². The Balaban J connectivity index is 1.36. The van der Waals surface area contributed by atoms with Crippen LogP contribution in [0.1, 0.15) is 88.8 Å². The molecule has 2 aromatic carbocycles. The van der Waals surface area contributed by atoms with Crippen LogP contribution in [0.15, 0.2) is 63.8 Å². The minimum absolute atomic E-state index is 0.0742. The number of anilines is 1. The van der Waals surface area contributed by atoms with Crippen molar-refractivity contribution in [3.8, 4) is 27.6 Å². The predicted molar refractivity (Wildman–Crippen MR) is 201 cm³/mol. The van der Waals surface area contributed by atoms with Gasteiger partial charge in [0.2, 0.25) is 0 Å². The molecule has 0 radical (unpaired) electrons. The lowest BCUT2D eigenvalue weighted by atomic mass is 9.91. The number of hydrogen-bond acceptors (Lipinski definition) is 11. The molecule has 3 N–H and O–H groups in total. The van der Waals surface area contributed by atoms with Crippen LogP contribution in [0.5, 0.6) is 5.75 Å². The van der Waals surface area contributed by atoms with Gasteiger partial charge in [0.05, 0.1) is 53.0 Å². The Hall–Kier alpha value is -5.54. The number of carbonyl (C=O) groups is 1. The van der Waals surface area contributed by atoms with Gasteiger partial charge in [0.15, 0.2) is 0 Å². The quantitative estimate of drug-likeness (QED) is 0.104. The zero-order valence-corrected chi connectivity index (χ0v) is 30.8. The third kappa shape index (κ3) is 7.09. The second-order valence-corrected chi connectivity index (χ2v) is 14.5. The molecule has 1 aliphatic heterocycles. The second kappa shape index (κ2) is 15.3. The van der Waals surface area contributed by atoms with Crippen molar-refractivity contribution in [3.63, 3.8) is 0 Å². The molecular weight excluding hydrogens is 734 g/mol. The van der Waals surface area contributed by atoms with Crippen molar-refractivity contribution in [2.45, 2.75) is 64.0 Å². The van der Waals surface area contributed by atoms with E-state index in [2.05, 4.69) is 25.8 Å². The highest BCUT2D eigenvalue weighted by atomic mass is 32.1. The van der Waals surface area contributed by atoms with Crippen molar-refractivity contribution in [3.05, 3.63) is 110 Å². The van der Waals surface area contributed by atoms with E-state index in [-0.39, 0.29) is 47.3 Å². The summed E-state index contributed by atoms with van der Waals surface area (Å²) >= 11 is 1.26. The highest BCUT2D eigenvalue weighted by molar-refractivity contribution is 7.23. The molecule has 1 saturated heterocycles. The van der Waals surface area contributed by atoms with Crippen LogP contribution >= 0.6 is 11.3 Å². The van der Waals surface area contributed by atoms with E-state index in [4.69, 9.17) is 18.9 Å². The van der Waals surface area contributed by atoms with E-state index >= 15 is 0 Å². The van der Waals surface area contributed by atoms with Gasteiger partial charge in [-0.3, -0.25) is 4.98 Å². The fourth-order valence-electron chi connectivity index (χ4n) is 7.67. The fraction of sp³-hybridized carbons (Fsp3) is 0.325. The van der Waals surface area contributed by atoms with Crippen LogP contribution in [0, 0.1) is 5.82 Å². The van der Waals surface area contributed by atoms with E-state index in [1.165, 1.54) is 29.5 Å². The monoisotopic (exact) mass is 770 g/mol. The molecule has 11 nitrogen and oxygen atoms in total. The minimum Gasteiger partial charge on any atom is -0.496 e. The van der Waals surface area contributed by atoms with Crippen LogP contribution in [0.2, 0.25) is 0 Å². The number of nitrogens with one attached hydrogen (secondary N) is 3. The van der Waals surface area contributed by atoms with Gasteiger partial charge in [0, 0.05) is 10.4 Å². The van der Waals surface area contributed by atoms with Crippen molar-refractivity contribution in [1.29, 1.82) is 0 Å². The maximum Gasteiger partial charge on any atom is 0.434 e. The van der Waals surface area contributed by atoms with E-state index in [1.807, 2.05) is 18.2 Å². The topological polar surface area (TPSA) is 144 Å². The number of rotatable bonds is 12. The van der Waals surface area contributed by atoms with E-state index in [0.29, 0.717) is 64.1 Å². The largest absolute Gasteiger partial charge is 0.496 e. The van der Waals surface area contributed by atoms with Crippen molar-refractivity contribution in [1.82, 2.24) is 25.5 Å². The number of fused-ring (bicyclic) bond motifs is 2. The summed E-state index contributed by atoms with van der Waals surface area (Å²) in [5.41, 5.74) is 4.22. The normalized spacial score (nSPS) is 16.5. The number of aromatic amines is 1. The Bertz CT molecular complexity index is 2440. The smallest absolute Gasteiger partial charge is 0.434 e. The molecule has 0 unspecified atom stereocenters.